The van der Waals surface area contributed by atoms with E-state index in [1.807, 2.05) is 32.0 Å². The summed E-state index contributed by atoms with van der Waals surface area (Å²) in [6, 6.07) is 5.56. The molecule has 1 unspecified atom stereocenters. The van der Waals surface area contributed by atoms with Crippen LogP contribution in [0.2, 0.25) is 0 Å². The molecule has 0 radical (unpaired) electrons. The molecular weight excluding hydrogens is 192 g/mol. The van der Waals surface area contributed by atoms with Gasteiger partial charge in [0.2, 0.25) is 0 Å². The van der Waals surface area contributed by atoms with E-state index in [0.717, 1.165) is 5.56 Å². The molecule has 0 fully saturated rings. The molecule has 15 heavy (non-hydrogen) atoms. The maximum absolute atomic E-state index is 9.80. The molecule has 84 valence electrons. The van der Waals surface area contributed by atoms with Crippen LogP contribution in [-0.2, 0) is 0 Å². The summed E-state index contributed by atoms with van der Waals surface area (Å²) >= 11 is 0. The molecule has 0 aliphatic heterocycles. The quantitative estimate of drug-likeness (QED) is 0.811. The minimum atomic E-state index is -0.500. The van der Waals surface area contributed by atoms with Crippen LogP contribution in [0.15, 0.2) is 18.2 Å². The molecule has 1 N–H and O–H groups in total. The Morgan fingerprint density at radius 3 is 2.60 bits per heavy atom. The highest BCUT2D eigenvalue weighted by Gasteiger charge is 2.15. The molecule has 0 saturated carbocycles. The van der Waals surface area contributed by atoms with Crippen LogP contribution in [0.3, 0.4) is 0 Å². The Hall–Kier alpha value is -1.22. The summed E-state index contributed by atoms with van der Waals surface area (Å²) in [6.07, 6.45) is 0.159. The number of rotatable bonds is 5. The third-order valence-corrected chi connectivity index (χ3v) is 2.26. The first-order valence-electron chi connectivity index (χ1n) is 5.22. The molecule has 0 saturated heterocycles. The summed E-state index contributed by atoms with van der Waals surface area (Å²) in [7, 11) is 1.59. The third kappa shape index (κ3) is 2.63. The fraction of sp³-hybridized carbons (Fsp3) is 0.500. The first-order valence-corrected chi connectivity index (χ1v) is 5.22. The zero-order valence-electron chi connectivity index (χ0n) is 9.49. The molecule has 0 aliphatic carbocycles. The number of benzene rings is 1. The zero-order valence-corrected chi connectivity index (χ0v) is 9.49. The second-order valence-electron chi connectivity index (χ2n) is 3.24. The van der Waals surface area contributed by atoms with E-state index in [-0.39, 0.29) is 0 Å². The van der Waals surface area contributed by atoms with Gasteiger partial charge in [-0.3, -0.25) is 0 Å². The number of aliphatic hydroxyl groups is 1. The fourth-order valence-corrected chi connectivity index (χ4v) is 1.50. The van der Waals surface area contributed by atoms with Crippen LogP contribution in [0.4, 0.5) is 0 Å². The Morgan fingerprint density at radius 1 is 1.33 bits per heavy atom. The van der Waals surface area contributed by atoms with Crippen molar-refractivity contribution in [3.05, 3.63) is 23.8 Å². The predicted octanol–water partition coefficient (Wildman–Crippen LogP) is 2.54. The van der Waals surface area contributed by atoms with Crippen LogP contribution in [0, 0.1) is 0 Å². The van der Waals surface area contributed by atoms with Gasteiger partial charge in [0.1, 0.15) is 0 Å². The highest BCUT2D eigenvalue weighted by molar-refractivity contribution is 5.47. The maximum Gasteiger partial charge on any atom is 0.166 e. The Labute approximate surface area is 90.6 Å². The van der Waals surface area contributed by atoms with E-state index in [9.17, 15) is 5.11 Å². The smallest absolute Gasteiger partial charge is 0.166 e. The van der Waals surface area contributed by atoms with Crippen molar-refractivity contribution in [3.8, 4) is 11.5 Å². The van der Waals surface area contributed by atoms with Crippen molar-refractivity contribution in [2.75, 3.05) is 13.7 Å². The van der Waals surface area contributed by atoms with E-state index in [1.54, 1.807) is 7.11 Å². The van der Waals surface area contributed by atoms with Gasteiger partial charge in [0, 0.05) is 5.56 Å². The standard InChI is InChI=1S/C12H18O3/c1-4-10(13)9-7-6-8-11(15-5-2)12(9)14-3/h6-8,10,13H,4-5H2,1-3H3. The predicted molar refractivity (Wildman–Crippen MR) is 59.4 cm³/mol. The number of hydrogen-bond donors (Lipinski definition) is 1. The molecule has 1 aromatic rings. The van der Waals surface area contributed by atoms with Crippen molar-refractivity contribution in [3.63, 3.8) is 0 Å². The van der Waals surface area contributed by atoms with Gasteiger partial charge in [-0.1, -0.05) is 19.1 Å². The van der Waals surface area contributed by atoms with Gasteiger partial charge in [-0.2, -0.15) is 0 Å². The number of para-hydroxylation sites is 1. The highest BCUT2D eigenvalue weighted by atomic mass is 16.5. The van der Waals surface area contributed by atoms with Gasteiger partial charge in [0.15, 0.2) is 11.5 Å². The number of methoxy groups -OCH3 is 1. The Morgan fingerprint density at radius 2 is 2.07 bits per heavy atom. The van der Waals surface area contributed by atoms with Crippen molar-refractivity contribution in [1.82, 2.24) is 0 Å². The van der Waals surface area contributed by atoms with Gasteiger partial charge in [-0.05, 0) is 19.4 Å². The second kappa shape index (κ2) is 5.61. The van der Waals surface area contributed by atoms with Crippen LogP contribution in [-0.4, -0.2) is 18.8 Å². The summed E-state index contributed by atoms with van der Waals surface area (Å²) < 4.78 is 10.7. The minimum absolute atomic E-state index is 0.500. The first-order chi connectivity index (χ1) is 7.24. The Bertz CT molecular complexity index is 310. The molecule has 3 nitrogen and oxygen atoms in total. The number of ether oxygens (including phenoxy) is 2. The van der Waals surface area contributed by atoms with E-state index in [2.05, 4.69) is 0 Å². The number of aliphatic hydroxyl groups excluding tert-OH is 1. The molecule has 0 aromatic heterocycles. The van der Waals surface area contributed by atoms with E-state index >= 15 is 0 Å². The minimum Gasteiger partial charge on any atom is -0.492 e. The molecule has 0 aliphatic rings. The van der Waals surface area contributed by atoms with Crippen LogP contribution in [0.25, 0.3) is 0 Å². The van der Waals surface area contributed by atoms with Crippen molar-refractivity contribution < 1.29 is 14.6 Å². The van der Waals surface area contributed by atoms with Crippen molar-refractivity contribution in [1.29, 1.82) is 0 Å². The fourth-order valence-electron chi connectivity index (χ4n) is 1.50. The van der Waals surface area contributed by atoms with Crippen LogP contribution in [0.1, 0.15) is 31.9 Å². The highest BCUT2D eigenvalue weighted by Crippen LogP contribution is 2.35. The molecule has 1 atom stereocenters. The van der Waals surface area contributed by atoms with Gasteiger partial charge < -0.3 is 14.6 Å². The second-order valence-corrected chi connectivity index (χ2v) is 3.24. The molecule has 0 bridgehead atoms. The summed E-state index contributed by atoms with van der Waals surface area (Å²) in [5.41, 5.74) is 0.783. The molecule has 3 heteroatoms. The summed E-state index contributed by atoms with van der Waals surface area (Å²) in [4.78, 5) is 0. The lowest BCUT2D eigenvalue weighted by Gasteiger charge is -2.16. The third-order valence-electron chi connectivity index (χ3n) is 2.26. The average Bonchev–Trinajstić information content (AvgIpc) is 2.28. The van der Waals surface area contributed by atoms with Crippen molar-refractivity contribution in [2.45, 2.75) is 26.4 Å². The number of hydrogen-bond acceptors (Lipinski definition) is 3. The van der Waals surface area contributed by atoms with E-state index in [1.165, 1.54) is 0 Å². The van der Waals surface area contributed by atoms with E-state index < -0.39 is 6.10 Å². The lowest BCUT2D eigenvalue weighted by atomic mass is 10.1. The average molecular weight is 210 g/mol. The molecule has 0 amide bonds. The first kappa shape index (κ1) is 11.9. The molecule has 0 heterocycles. The Balaban J connectivity index is 3.09. The van der Waals surface area contributed by atoms with Gasteiger partial charge in [0.05, 0.1) is 19.8 Å². The largest absolute Gasteiger partial charge is 0.492 e. The van der Waals surface area contributed by atoms with Gasteiger partial charge >= 0.3 is 0 Å². The topological polar surface area (TPSA) is 38.7 Å². The van der Waals surface area contributed by atoms with Crippen molar-refractivity contribution in [2.24, 2.45) is 0 Å². The van der Waals surface area contributed by atoms with Gasteiger partial charge in [-0.15, -0.1) is 0 Å². The molecule has 1 rings (SSSR count). The van der Waals surface area contributed by atoms with Gasteiger partial charge in [-0.25, -0.2) is 0 Å². The Kier molecular flexibility index (Phi) is 4.43. The van der Waals surface area contributed by atoms with Gasteiger partial charge in [0.25, 0.3) is 0 Å². The monoisotopic (exact) mass is 210 g/mol. The SMILES string of the molecule is CCOc1cccc(C(O)CC)c1OC. The summed E-state index contributed by atoms with van der Waals surface area (Å²) in [5.74, 6) is 1.32. The van der Waals surface area contributed by atoms with E-state index in [4.69, 9.17) is 9.47 Å². The molecule has 0 spiro atoms. The molecular formula is C12H18O3. The summed E-state index contributed by atoms with van der Waals surface area (Å²) in [6.45, 7) is 4.43. The lowest BCUT2D eigenvalue weighted by molar-refractivity contribution is 0.168. The molecule has 1 aromatic carbocycles. The maximum atomic E-state index is 9.80. The van der Waals surface area contributed by atoms with E-state index in [0.29, 0.717) is 24.5 Å². The van der Waals surface area contributed by atoms with Crippen LogP contribution in [0.5, 0.6) is 11.5 Å². The summed E-state index contributed by atoms with van der Waals surface area (Å²) in [5, 5.41) is 9.80. The van der Waals surface area contributed by atoms with Crippen LogP contribution >= 0.6 is 0 Å². The lowest BCUT2D eigenvalue weighted by Crippen LogP contribution is -2.02. The normalized spacial score (nSPS) is 12.3. The van der Waals surface area contributed by atoms with Crippen molar-refractivity contribution >= 4 is 0 Å². The zero-order chi connectivity index (χ0) is 11.3. The van der Waals surface area contributed by atoms with Crippen LogP contribution < -0.4 is 9.47 Å².